The highest BCUT2D eigenvalue weighted by molar-refractivity contribution is 7.80. The zero-order valence-electron chi connectivity index (χ0n) is 17.6. The number of aryl methyl sites for hydroxylation is 2. The maximum Gasteiger partial charge on any atom is 0.242 e. The Morgan fingerprint density at radius 1 is 1.10 bits per heavy atom. The standard InChI is InChI=1S/C23H30N4OS/c1-18-6-4-8-20(14-18)16-26-10-12-27(13-11-26)22(28)17-25(3)23(29)24-21-9-5-7-19(2)15-21/h4-9,14-15H,10-13,16-17H2,1-3H3,(H,24,29)/p+1. The predicted octanol–water partition coefficient (Wildman–Crippen LogP) is 1.86. The molecule has 2 aromatic rings. The minimum atomic E-state index is 0.135. The molecular formula is C23H31N4OS+. The maximum absolute atomic E-state index is 12.7. The molecule has 0 aromatic heterocycles. The van der Waals surface area contributed by atoms with Gasteiger partial charge < -0.3 is 20.0 Å². The number of hydrogen-bond acceptors (Lipinski definition) is 2. The normalized spacial score (nSPS) is 14.5. The number of rotatable bonds is 5. The zero-order chi connectivity index (χ0) is 20.8. The smallest absolute Gasteiger partial charge is 0.242 e. The van der Waals surface area contributed by atoms with Crippen molar-refractivity contribution in [1.29, 1.82) is 0 Å². The second-order valence-corrected chi connectivity index (χ2v) is 8.34. The van der Waals surface area contributed by atoms with Crippen LogP contribution >= 0.6 is 12.2 Å². The Labute approximate surface area is 179 Å². The zero-order valence-corrected chi connectivity index (χ0v) is 18.4. The number of likely N-dealkylation sites (N-methyl/N-ethyl adjacent to an activating group) is 1. The number of nitrogens with one attached hydrogen (secondary N) is 2. The molecule has 3 rings (SSSR count). The van der Waals surface area contributed by atoms with Gasteiger partial charge in [0.1, 0.15) is 6.54 Å². The summed E-state index contributed by atoms with van der Waals surface area (Å²) in [6.07, 6.45) is 0. The molecular weight excluding hydrogens is 380 g/mol. The Hall–Kier alpha value is -2.44. The van der Waals surface area contributed by atoms with Gasteiger partial charge in [0.2, 0.25) is 5.91 Å². The average molecular weight is 412 g/mol. The topological polar surface area (TPSA) is 40.0 Å². The molecule has 1 aliphatic heterocycles. The molecule has 2 N–H and O–H groups in total. The number of nitrogens with zero attached hydrogens (tertiary/aromatic N) is 2. The van der Waals surface area contributed by atoms with Crippen molar-refractivity contribution in [1.82, 2.24) is 9.80 Å². The lowest BCUT2D eigenvalue weighted by molar-refractivity contribution is -0.917. The first-order chi connectivity index (χ1) is 13.9. The Bertz CT molecular complexity index is 861. The van der Waals surface area contributed by atoms with Crippen molar-refractivity contribution in [3.63, 3.8) is 0 Å². The molecule has 5 nitrogen and oxygen atoms in total. The highest BCUT2D eigenvalue weighted by atomic mass is 32.1. The number of quaternary nitrogens is 1. The lowest BCUT2D eigenvalue weighted by Crippen LogP contribution is -3.13. The lowest BCUT2D eigenvalue weighted by atomic mass is 10.1. The van der Waals surface area contributed by atoms with E-state index in [1.54, 1.807) is 0 Å². The van der Waals surface area contributed by atoms with E-state index in [1.807, 2.05) is 48.0 Å². The average Bonchev–Trinajstić information content (AvgIpc) is 2.68. The fourth-order valence-corrected chi connectivity index (χ4v) is 3.86. The lowest BCUT2D eigenvalue weighted by Gasteiger charge is -2.33. The third kappa shape index (κ3) is 6.27. The van der Waals surface area contributed by atoms with Crippen LogP contribution in [0.4, 0.5) is 5.69 Å². The molecule has 1 saturated heterocycles. The van der Waals surface area contributed by atoms with Gasteiger partial charge in [-0.1, -0.05) is 42.0 Å². The van der Waals surface area contributed by atoms with E-state index >= 15 is 0 Å². The summed E-state index contributed by atoms with van der Waals surface area (Å²) >= 11 is 5.46. The van der Waals surface area contributed by atoms with Crippen molar-refractivity contribution in [2.24, 2.45) is 0 Å². The van der Waals surface area contributed by atoms with E-state index in [4.69, 9.17) is 12.2 Å². The van der Waals surface area contributed by atoms with Crippen molar-refractivity contribution in [2.45, 2.75) is 20.4 Å². The van der Waals surface area contributed by atoms with Crippen LogP contribution in [0, 0.1) is 13.8 Å². The van der Waals surface area contributed by atoms with Crippen molar-refractivity contribution < 1.29 is 9.69 Å². The van der Waals surface area contributed by atoms with Crippen molar-refractivity contribution >= 4 is 28.9 Å². The van der Waals surface area contributed by atoms with Gasteiger partial charge in [0.25, 0.3) is 0 Å². The fourth-order valence-electron chi connectivity index (χ4n) is 3.68. The summed E-state index contributed by atoms with van der Waals surface area (Å²) in [6.45, 7) is 9.05. The van der Waals surface area contributed by atoms with Crippen molar-refractivity contribution in [3.05, 3.63) is 65.2 Å². The first-order valence-corrected chi connectivity index (χ1v) is 10.6. The summed E-state index contributed by atoms with van der Waals surface area (Å²) in [5, 5.41) is 3.77. The first-order valence-electron chi connectivity index (χ1n) is 10.2. The van der Waals surface area contributed by atoms with E-state index < -0.39 is 0 Å². The third-order valence-corrected chi connectivity index (χ3v) is 5.76. The number of carbonyl (C=O) groups is 1. The highest BCUT2D eigenvalue weighted by Crippen LogP contribution is 2.10. The van der Waals surface area contributed by atoms with E-state index in [0.717, 1.165) is 38.4 Å². The third-order valence-electron chi connectivity index (χ3n) is 5.35. The number of hydrogen-bond donors (Lipinski definition) is 2. The van der Waals surface area contributed by atoms with Gasteiger partial charge in [-0.05, 0) is 43.8 Å². The van der Waals surface area contributed by atoms with Gasteiger partial charge in [-0.3, -0.25) is 4.79 Å². The van der Waals surface area contributed by atoms with Crippen LogP contribution in [-0.4, -0.2) is 60.6 Å². The summed E-state index contributed by atoms with van der Waals surface area (Å²) in [5.74, 6) is 0.135. The largest absolute Gasteiger partial charge is 0.343 e. The number of amides is 1. The summed E-state index contributed by atoms with van der Waals surface area (Å²) in [7, 11) is 1.86. The molecule has 1 amide bonds. The van der Waals surface area contributed by atoms with Gasteiger partial charge in [-0.2, -0.15) is 0 Å². The SMILES string of the molecule is Cc1cccc(C[NH+]2CCN(C(=O)CN(C)C(=S)Nc3cccc(C)c3)CC2)c1. The van der Waals surface area contributed by atoms with E-state index in [2.05, 4.69) is 36.5 Å². The van der Waals surface area contributed by atoms with Crippen LogP contribution in [-0.2, 0) is 11.3 Å². The quantitative estimate of drug-likeness (QED) is 0.737. The van der Waals surface area contributed by atoms with Crippen LogP contribution in [0.1, 0.15) is 16.7 Å². The van der Waals surface area contributed by atoms with Crippen molar-refractivity contribution in [2.75, 3.05) is 45.1 Å². The van der Waals surface area contributed by atoms with Crippen LogP contribution in [0.15, 0.2) is 48.5 Å². The maximum atomic E-state index is 12.7. The molecule has 1 heterocycles. The van der Waals surface area contributed by atoms with Gasteiger partial charge in [-0.15, -0.1) is 0 Å². The number of anilines is 1. The van der Waals surface area contributed by atoms with Crippen LogP contribution < -0.4 is 10.2 Å². The molecule has 0 radical (unpaired) electrons. The molecule has 29 heavy (non-hydrogen) atoms. The fraction of sp³-hybridized carbons (Fsp3) is 0.391. The Kier molecular flexibility index (Phi) is 7.23. The van der Waals surface area contributed by atoms with Gasteiger partial charge in [0.05, 0.1) is 32.7 Å². The monoisotopic (exact) mass is 411 g/mol. The second kappa shape index (κ2) is 9.85. The van der Waals surface area contributed by atoms with Crippen LogP contribution in [0.25, 0.3) is 0 Å². The molecule has 0 saturated carbocycles. The molecule has 0 spiro atoms. The number of thiocarbonyl (C=S) groups is 1. The van der Waals surface area contributed by atoms with Crippen LogP contribution in [0.2, 0.25) is 0 Å². The predicted molar refractivity (Wildman–Crippen MR) is 122 cm³/mol. The molecule has 154 valence electrons. The molecule has 1 fully saturated rings. The molecule has 6 heteroatoms. The summed E-state index contributed by atoms with van der Waals surface area (Å²) in [5.41, 5.74) is 4.78. The molecule has 0 atom stereocenters. The number of carbonyl (C=O) groups excluding carboxylic acids is 1. The van der Waals surface area contributed by atoms with Gasteiger partial charge in [0.15, 0.2) is 5.11 Å². The van der Waals surface area contributed by atoms with E-state index in [-0.39, 0.29) is 5.91 Å². The van der Waals surface area contributed by atoms with Gasteiger partial charge >= 0.3 is 0 Å². The Balaban J connectivity index is 1.44. The highest BCUT2D eigenvalue weighted by Gasteiger charge is 2.24. The van der Waals surface area contributed by atoms with Gasteiger partial charge in [0, 0.05) is 18.3 Å². The number of benzene rings is 2. The minimum Gasteiger partial charge on any atom is -0.343 e. The van der Waals surface area contributed by atoms with Crippen molar-refractivity contribution in [3.8, 4) is 0 Å². The second-order valence-electron chi connectivity index (χ2n) is 7.95. The molecule has 1 aliphatic rings. The van der Waals surface area contributed by atoms with E-state index in [0.29, 0.717) is 11.7 Å². The van der Waals surface area contributed by atoms with Gasteiger partial charge in [-0.25, -0.2) is 0 Å². The minimum absolute atomic E-state index is 0.135. The molecule has 0 unspecified atom stereocenters. The van der Waals surface area contributed by atoms with Crippen LogP contribution in [0.5, 0.6) is 0 Å². The molecule has 0 bridgehead atoms. The Morgan fingerprint density at radius 3 is 2.41 bits per heavy atom. The van der Waals surface area contributed by atoms with E-state index in [9.17, 15) is 4.79 Å². The summed E-state index contributed by atoms with van der Waals surface area (Å²) < 4.78 is 0. The Morgan fingerprint density at radius 2 is 1.76 bits per heavy atom. The van der Waals surface area contributed by atoms with Crippen LogP contribution in [0.3, 0.4) is 0 Å². The summed E-state index contributed by atoms with van der Waals surface area (Å²) in [4.78, 5) is 18.0. The first kappa shape index (κ1) is 21.3. The summed E-state index contributed by atoms with van der Waals surface area (Å²) in [6, 6.07) is 16.7. The van der Waals surface area contributed by atoms with E-state index in [1.165, 1.54) is 21.6 Å². The number of piperazine rings is 1. The molecule has 0 aliphatic carbocycles. The molecule has 2 aromatic carbocycles.